The molecule has 1 aliphatic carbocycles. The van der Waals surface area contributed by atoms with Gasteiger partial charge in [-0.3, -0.25) is 4.68 Å². The van der Waals surface area contributed by atoms with Crippen molar-refractivity contribution in [2.24, 2.45) is 18.9 Å². The zero-order valence-corrected chi connectivity index (χ0v) is 10.3. The highest BCUT2D eigenvalue weighted by Crippen LogP contribution is 2.36. The second-order valence-electron chi connectivity index (χ2n) is 4.58. The van der Waals surface area contributed by atoms with Crippen molar-refractivity contribution in [2.45, 2.75) is 26.8 Å². The molecule has 4 heteroatoms. The summed E-state index contributed by atoms with van der Waals surface area (Å²) in [5.74, 6) is 1.78. The van der Waals surface area contributed by atoms with E-state index in [1.807, 2.05) is 14.0 Å². The van der Waals surface area contributed by atoms with Crippen molar-refractivity contribution in [3.8, 4) is 0 Å². The van der Waals surface area contributed by atoms with E-state index in [1.165, 1.54) is 6.42 Å². The molecule has 1 saturated carbocycles. The van der Waals surface area contributed by atoms with Crippen LogP contribution in [0.2, 0.25) is 5.15 Å². The van der Waals surface area contributed by atoms with Crippen LogP contribution in [0.25, 0.3) is 0 Å². The van der Waals surface area contributed by atoms with Crippen LogP contribution in [-0.4, -0.2) is 16.3 Å². The molecule has 1 heterocycles. The Hall–Kier alpha value is -0.540. The topological polar surface area (TPSA) is 29.9 Å². The Balaban J connectivity index is 1.87. The number of rotatable bonds is 4. The van der Waals surface area contributed by atoms with Gasteiger partial charge in [-0.25, -0.2) is 0 Å². The second-order valence-corrected chi connectivity index (χ2v) is 4.94. The smallest absolute Gasteiger partial charge is 0.131 e. The number of hydrogen-bond donors (Lipinski definition) is 1. The quantitative estimate of drug-likeness (QED) is 0.854. The van der Waals surface area contributed by atoms with Gasteiger partial charge in [0.2, 0.25) is 0 Å². The van der Waals surface area contributed by atoms with Gasteiger partial charge in [0, 0.05) is 19.2 Å². The standard InChI is InChI=1S/C11H18ClN3/c1-7-4-9(7)5-13-6-10-8(2)14-15(3)11(10)12/h7,9,13H,4-6H2,1-3H3. The van der Waals surface area contributed by atoms with E-state index in [4.69, 9.17) is 11.6 Å². The Morgan fingerprint density at radius 3 is 2.73 bits per heavy atom. The summed E-state index contributed by atoms with van der Waals surface area (Å²) in [5, 5.41) is 8.49. The highest BCUT2D eigenvalue weighted by molar-refractivity contribution is 6.30. The first-order valence-corrected chi connectivity index (χ1v) is 5.86. The normalized spacial score (nSPS) is 24.5. The van der Waals surface area contributed by atoms with E-state index in [0.29, 0.717) is 0 Å². The highest BCUT2D eigenvalue weighted by Gasteiger charge is 2.31. The van der Waals surface area contributed by atoms with E-state index in [-0.39, 0.29) is 0 Å². The fourth-order valence-corrected chi connectivity index (χ4v) is 2.18. The maximum atomic E-state index is 6.13. The van der Waals surface area contributed by atoms with E-state index in [2.05, 4.69) is 17.3 Å². The van der Waals surface area contributed by atoms with Crippen molar-refractivity contribution >= 4 is 11.6 Å². The Bertz CT molecular complexity index is 359. The molecule has 1 aromatic heterocycles. The molecule has 0 spiro atoms. The lowest BCUT2D eigenvalue weighted by Crippen LogP contribution is -2.17. The van der Waals surface area contributed by atoms with Gasteiger partial charge in [-0.15, -0.1) is 0 Å². The summed E-state index contributed by atoms with van der Waals surface area (Å²) in [6.45, 7) is 6.24. The van der Waals surface area contributed by atoms with E-state index >= 15 is 0 Å². The Labute approximate surface area is 95.8 Å². The molecule has 0 radical (unpaired) electrons. The molecular formula is C11H18ClN3. The van der Waals surface area contributed by atoms with Crippen molar-refractivity contribution in [1.82, 2.24) is 15.1 Å². The molecule has 84 valence electrons. The molecular weight excluding hydrogens is 210 g/mol. The minimum atomic E-state index is 0.754. The molecule has 2 atom stereocenters. The third kappa shape index (κ3) is 2.34. The lowest BCUT2D eigenvalue weighted by Gasteiger charge is -2.03. The average Bonchev–Trinajstić information content (AvgIpc) is 2.81. The van der Waals surface area contributed by atoms with Crippen molar-refractivity contribution in [3.63, 3.8) is 0 Å². The maximum absolute atomic E-state index is 6.13. The monoisotopic (exact) mass is 227 g/mol. The van der Waals surface area contributed by atoms with Gasteiger partial charge < -0.3 is 5.32 Å². The first-order valence-electron chi connectivity index (χ1n) is 5.48. The molecule has 0 amide bonds. The van der Waals surface area contributed by atoms with Crippen LogP contribution in [0.4, 0.5) is 0 Å². The van der Waals surface area contributed by atoms with Crippen LogP contribution in [0.3, 0.4) is 0 Å². The minimum absolute atomic E-state index is 0.754. The molecule has 15 heavy (non-hydrogen) atoms. The molecule has 2 unspecified atom stereocenters. The summed E-state index contributed by atoms with van der Waals surface area (Å²) < 4.78 is 1.73. The summed E-state index contributed by atoms with van der Waals surface area (Å²) >= 11 is 6.13. The molecule has 1 N–H and O–H groups in total. The molecule has 0 aromatic carbocycles. The fourth-order valence-electron chi connectivity index (χ4n) is 1.94. The Morgan fingerprint density at radius 1 is 1.60 bits per heavy atom. The van der Waals surface area contributed by atoms with Gasteiger partial charge in [-0.05, 0) is 31.7 Å². The summed E-state index contributed by atoms with van der Waals surface area (Å²) in [5.41, 5.74) is 2.16. The highest BCUT2D eigenvalue weighted by atomic mass is 35.5. The van der Waals surface area contributed by atoms with Gasteiger partial charge in [0.1, 0.15) is 5.15 Å². The molecule has 1 aromatic rings. The molecule has 0 aliphatic heterocycles. The number of aryl methyl sites for hydroxylation is 2. The predicted molar refractivity (Wildman–Crippen MR) is 61.9 cm³/mol. The van der Waals surface area contributed by atoms with Gasteiger partial charge in [0.15, 0.2) is 0 Å². The Morgan fingerprint density at radius 2 is 2.27 bits per heavy atom. The second kappa shape index (κ2) is 4.14. The van der Waals surface area contributed by atoms with Crippen LogP contribution in [0.5, 0.6) is 0 Å². The SMILES string of the molecule is Cc1nn(C)c(Cl)c1CNCC1CC1C. The molecule has 3 nitrogen and oxygen atoms in total. The zero-order chi connectivity index (χ0) is 11.0. The maximum Gasteiger partial charge on any atom is 0.131 e. The van der Waals surface area contributed by atoms with Crippen LogP contribution in [0, 0.1) is 18.8 Å². The van der Waals surface area contributed by atoms with Crippen LogP contribution in [-0.2, 0) is 13.6 Å². The molecule has 1 fully saturated rings. The summed E-state index contributed by atoms with van der Waals surface area (Å²) in [7, 11) is 1.88. The summed E-state index contributed by atoms with van der Waals surface area (Å²) in [6.07, 6.45) is 1.37. The van der Waals surface area contributed by atoms with Gasteiger partial charge in [0.05, 0.1) is 5.69 Å². The number of halogens is 1. The molecule has 1 aliphatic rings. The Kier molecular flexibility index (Phi) is 3.03. The van der Waals surface area contributed by atoms with Crippen LogP contribution in [0.1, 0.15) is 24.6 Å². The van der Waals surface area contributed by atoms with Crippen molar-refractivity contribution < 1.29 is 0 Å². The summed E-state index contributed by atoms with van der Waals surface area (Å²) in [6, 6.07) is 0. The zero-order valence-electron chi connectivity index (χ0n) is 9.55. The fraction of sp³-hybridized carbons (Fsp3) is 0.727. The van der Waals surface area contributed by atoms with Gasteiger partial charge >= 0.3 is 0 Å². The lowest BCUT2D eigenvalue weighted by molar-refractivity contribution is 0.610. The van der Waals surface area contributed by atoms with E-state index in [1.54, 1.807) is 4.68 Å². The largest absolute Gasteiger partial charge is 0.312 e. The average molecular weight is 228 g/mol. The first-order chi connectivity index (χ1) is 7.09. The van der Waals surface area contributed by atoms with E-state index in [9.17, 15) is 0 Å². The number of aromatic nitrogens is 2. The van der Waals surface area contributed by atoms with E-state index < -0.39 is 0 Å². The van der Waals surface area contributed by atoms with Gasteiger partial charge in [-0.1, -0.05) is 18.5 Å². The van der Waals surface area contributed by atoms with Crippen LogP contribution in [0.15, 0.2) is 0 Å². The summed E-state index contributed by atoms with van der Waals surface area (Å²) in [4.78, 5) is 0. The number of nitrogens with one attached hydrogen (secondary N) is 1. The third-order valence-electron chi connectivity index (χ3n) is 3.25. The molecule has 0 bridgehead atoms. The van der Waals surface area contributed by atoms with Crippen molar-refractivity contribution in [3.05, 3.63) is 16.4 Å². The molecule has 2 rings (SSSR count). The number of hydrogen-bond acceptors (Lipinski definition) is 2. The number of nitrogens with zero attached hydrogens (tertiary/aromatic N) is 2. The van der Waals surface area contributed by atoms with Crippen molar-refractivity contribution in [1.29, 1.82) is 0 Å². The molecule has 0 saturated heterocycles. The van der Waals surface area contributed by atoms with E-state index in [0.717, 1.165) is 41.3 Å². The van der Waals surface area contributed by atoms with Gasteiger partial charge in [-0.2, -0.15) is 5.10 Å². The van der Waals surface area contributed by atoms with Crippen LogP contribution < -0.4 is 5.32 Å². The lowest BCUT2D eigenvalue weighted by atomic mass is 10.2. The van der Waals surface area contributed by atoms with Crippen molar-refractivity contribution in [2.75, 3.05) is 6.54 Å². The first kappa shape index (κ1) is 11.0. The predicted octanol–water partition coefficient (Wildman–Crippen LogP) is 2.13. The third-order valence-corrected chi connectivity index (χ3v) is 3.73. The van der Waals surface area contributed by atoms with Crippen LogP contribution >= 0.6 is 11.6 Å². The van der Waals surface area contributed by atoms with Gasteiger partial charge in [0.25, 0.3) is 0 Å². The minimum Gasteiger partial charge on any atom is -0.312 e.